The van der Waals surface area contributed by atoms with E-state index in [0.717, 1.165) is 56.7 Å². The Labute approximate surface area is 249 Å². The zero-order valence-electron chi connectivity index (χ0n) is 24.8. The Hall–Kier alpha value is -3.54. The smallest absolute Gasteiger partial charge is 0.185 e. The Morgan fingerprint density at radius 1 is 0.805 bits per heavy atom. The summed E-state index contributed by atoms with van der Waals surface area (Å²) in [5, 5.41) is 10.8. The van der Waals surface area contributed by atoms with E-state index in [2.05, 4.69) is 97.2 Å². The summed E-state index contributed by atoms with van der Waals surface area (Å²) in [5.74, 6) is 0.0883. The van der Waals surface area contributed by atoms with Crippen molar-refractivity contribution >= 4 is 14.5 Å². The molecule has 2 rings (SSSR count). The Balaban J connectivity index is 2.20. The summed E-state index contributed by atoms with van der Waals surface area (Å²) in [6.07, 6.45) is 3.93. The number of benzene rings is 2. The lowest BCUT2D eigenvalue weighted by atomic mass is 9.99. The summed E-state index contributed by atoms with van der Waals surface area (Å²) < 4.78 is 0. The summed E-state index contributed by atoms with van der Waals surface area (Å²) >= 11 is 0. The molecule has 2 aromatic carbocycles. The van der Waals surface area contributed by atoms with Crippen LogP contribution in [0.4, 0.5) is 0 Å². The van der Waals surface area contributed by atoms with Crippen molar-refractivity contribution in [3.8, 4) is 0 Å². The van der Waals surface area contributed by atoms with Crippen molar-refractivity contribution < 1.29 is 0 Å². The van der Waals surface area contributed by atoms with Gasteiger partial charge in [0, 0.05) is 35.7 Å². The van der Waals surface area contributed by atoms with Gasteiger partial charge in [0.25, 0.3) is 0 Å². The average molecular weight is 576 g/mol. The van der Waals surface area contributed by atoms with E-state index in [0.29, 0.717) is 13.0 Å². The molecule has 9 N–H and O–H groups in total. The first kappa shape index (κ1) is 33.7. The average Bonchev–Trinajstić information content (AvgIpc) is 2.95. The van der Waals surface area contributed by atoms with E-state index in [-0.39, 0.29) is 30.1 Å². The molecule has 2 aromatic rings. The van der Waals surface area contributed by atoms with Crippen molar-refractivity contribution in [2.45, 2.75) is 56.8 Å². The molecule has 41 heavy (non-hydrogen) atoms. The zero-order valence-corrected chi connectivity index (χ0v) is 25.8. The minimum atomic E-state index is -0.256. The van der Waals surface area contributed by atoms with Crippen LogP contribution in [0, 0.1) is 0 Å². The van der Waals surface area contributed by atoms with E-state index < -0.39 is 0 Å². The molecule has 0 aliphatic heterocycles. The van der Waals surface area contributed by atoms with Gasteiger partial charge in [-0.25, -0.2) is 0 Å². The van der Waals surface area contributed by atoms with Gasteiger partial charge in [-0.1, -0.05) is 92.6 Å². The molecule has 0 bridgehead atoms. The maximum Gasteiger partial charge on any atom is 0.185 e. The predicted molar refractivity (Wildman–Crippen MR) is 180 cm³/mol. The Morgan fingerprint density at radius 3 is 1.90 bits per heavy atom. The lowest BCUT2D eigenvalue weighted by Gasteiger charge is -2.32. The normalized spacial score (nSPS) is 13.9. The fourth-order valence-electron chi connectivity index (χ4n) is 4.46. The van der Waals surface area contributed by atoms with Crippen LogP contribution in [0.25, 0.3) is 0 Å². The van der Waals surface area contributed by atoms with Crippen molar-refractivity contribution in [3.63, 3.8) is 0 Å². The van der Waals surface area contributed by atoms with Crippen molar-refractivity contribution in [2.75, 3.05) is 19.4 Å². The summed E-state index contributed by atoms with van der Waals surface area (Å²) in [5.41, 5.74) is 23.7. The fraction of sp³-hybridized carbons (Fsp3) is 0.364. The van der Waals surface area contributed by atoms with Crippen molar-refractivity contribution in [1.82, 2.24) is 16.0 Å². The largest absolute Gasteiger partial charge is 0.381 e. The van der Waals surface area contributed by atoms with Crippen LogP contribution < -0.4 is 33.2 Å². The maximum atomic E-state index is 6.55. The van der Waals surface area contributed by atoms with Gasteiger partial charge in [0.1, 0.15) is 0 Å². The first-order valence-corrected chi connectivity index (χ1v) is 15.9. The van der Waals surface area contributed by atoms with Gasteiger partial charge in [0.2, 0.25) is 0 Å². The Kier molecular flexibility index (Phi) is 14.8. The molecule has 0 spiro atoms. The highest BCUT2D eigenvalue weighted by atomic mass is 31.1. The van der Waals surface area contributed by atoms with Crippen LogP contribution in [0.3, 0.4) is 0 Å². The van der Waals surface area contributed by atoms with E-state index in [1.807, 2.05) is 24.3 Å². The van der Waals surface area contributed by atoms with Gasteiger partial charge >= 0.3 is 0 Å². The molecule has 0 heterocycles. The highest BCUT2D eigenvalue weighted by molar-refractivity contribution is 7.37. The zero-order chi connectivity index (χ0) is 30.2. The number of nitrogens with one attached hydrogen (secondary N) is 3. The van der Waals surface area contributed by atoms with Crippen LogP contribution >= 0.6 is 8.58 Å². The minimum absolute atomic E-state index is 0.0883. The number of rotatable bonds is 20. The van der Waals surface area contributed by atoms with Gasteiger partial charge in [-0.15, -0.1) is 8.58 Å². The highest BCUT2D eigenvalue weighted by Gasteiger charge is 2.22. The number of nitrogens with two attached hydrogens (primary N) is 3. The molecule has 0 aliphatic carbocycles. The Bertz CT molecular complexity index is 1140. The van der Waals surface area contributed by atoms with Crippen LogP contribution in [0.5, 0.6) is 0 Å². The van der Waals surface area contributed by atoms with E-state index in [4.69, 9.17) is 17.2 Å². The van der Waals surface area contributed by atoms with Gasteiger partial charge in [-0.05, 0) is 56.6 Å². The third-order valence-corrected chi connectivity index (χ3v) is 7.76. The second-order valence-corrected chi connectivity index (χ2v) is 11.5. The topological polar surface area (TPSA) is 127 Å². The second-order valence-electron chi connectivity index (χ2n) is 10.5. The molecule has 222 valence electrons. The fourth-order valence-corrected chi connectivity index (χ4v) is 5.22. The summed E-state index contributed by atoms with van der Waals surface area (Å²) in [4.78, 5) is 4.15. The SMILES string of the molecule is C=C(NC(CCCN=C(N)N)C(=C)NC(Cc1ccccc1)C(=C)N[C@@H](C)C(=C)CPC)C(N)Cc1ccccc1. The first-order valence-electron chi connectivity index (χ1n) is 14.2. The molecule has 8 heteroatoms. The molecule has 4 unspecified atom stereocenters. The quantitative estimate of drug-likeness (QED) is 0.0463. The summed E-state index contributed by atoms with van der Waals surface area (Å²) in [6, 6.07) is 20.2. The van der Waals surface area contributed by atoms with E-state index >= 15 is 0 Å². The molecular formula is C33H50N7P. The third-order valence-electron chi connectivity index (χ3n) is 6.95. The van der Waals surface area contributed by atoms with Crippen molar-refractivity contribution in [2.24, 2.45) is 22.2 Å². The van der Waals surface area contributed by atoms with Crippen LogP contribution in [0.2, 0.25) is 0 Å². The van der Waals surface area contributed by atoms with E-state index in [9.17, 15) is 0 Å². The van der Waals surface area contributed by atoms with Gasteiger partial charge < -0.3 is 33.2 Å². The molecule has 0 saturated heterocycles. The standard InChI is InChI=1S/C33H50N7P/c1-23(22-41-6)24(2)38-27(5)32(21-29-16-11-8-12-17-29)40-26(4)31(18-13-19-37-33(35)36)39-25(3)30(34)20-28-14-9-7-10-15-28/h7-12,14-17,24,30-32,38-41H,1,3-5,13,18-22,34H2,2,6H3,(H4,35,36,37)/t24-,30?,31?,32?/m0/s1. The molecule has 0 radical (unpaired) electrons. The molecular weight excluding hydrogens is 525 g/mol. The minimum Gasteiger partial charge on any atom is -0.381 e. The van der Waals surface area contributed by atoms with Crippen LogP contribution in [0.15, 0.2) is 115 Å². The second kappa shape index (κ2) is 18.0. The Morgan fingerprint density at radius 2 is 1.34 bits per heavy atom. The molecule has 0 saturated carbocycles. The van der Waals surface area contributed by atoms with Crippen LogP contribution in [-0.4, -0.2) is 49.5 Å². The number of nitrogens with zero attached hydrogens (tertiary/aromatic N) is 1. The monoisotopic (exact) mass is 575 g/mol. The third kappa shape index (κ3) is 12.7. The number of hydrogen-bond donors (Lipinski definition) is 6. The van der Waals surface area contributed by atoms with Gasteiger partial charge in [-0.3, -0.25) is 4.99 Å². The van der Waals surface area contributed by atoms with Gasteiger partial charge in [0.05, 0.1) is 12.1 Å². The molecule has 0 aliphatic rings. The molecule has 0 aromatic heterocycles. The van der Waals surface area contributed by atoms with Crippen molar-refractivity contribution in [3.05, 3.63) is 121 Å². The number of guanidine groups is 1. The highest BCUT2D eigenvalue weighted by Crippen LogP contribution is 2.17. The van der Waals surface area contributed by atoms with Crippen LogP contribution in [-0.2, 0) is 12.8 Å². The molecule has 7 nitrogen and oxygen atoms in total. The maximum absolute atomic E-state index is 6.55. The number of aliphatic imine (C=N–C) groups is 1. The number of hydrogen-bond acceptors (Lipinski definition) is 5. The predicted octanol–water partition coefficient (Wildman–Crippen LogP) is 4.15. The van der Waals surface area contributed by atoms with E-state index in [1.54, 1.807) is 0 Å². The van der Waals surface area contributed by atoms with Crippen LogP contribution in [0.1, 0.15) is 30.9 Å². The first-order chi connectivity index (χ1) is 19.6. The summed E-state index contributed by atoms with van der Waals surface area (Å²) in [7, 11) is 0.825. The lowest BCUT2D eigenvalue weighted by molar-refractivity contribution is 0.482. The molecule has 0 amide bonds. The van der Waals surface area contributed by atoms with Gasteiger partial charge in [0.15, 0.2) is 5.96 Å². The summed E-state index contributed by atoms with van der Waals surface area (Å²) in [6.45, 7) is 22.3. The molecule has 5 atom stereocenters. The van der Waals surface area contributed by atoms with E-state index in [1.165, 1.54) is 11.1 Å². The van der Waals surface area contributed by atoms with Crippen molar-refractivity contribution in [1.29, 1.82) is 0 Å². The van der Waals surface area contributed by atoms with Gasteiger partial charge in [-0.2, -0.15) is 0 Å². The lowest BCUT2D eigenvalue weighted by Crippen LogP contribution is -2.46. The molecule has 0 fully saturated rings.